The molecule has 1 aromatic carbocycles. The van der Waals surface area contributed by atoms with Crippen LogP contribution in [0.25, 0.3) is 0 Å². The highest BCUT2D eigenvalue weighted by Gasteiger charge is 2.19. The molecular weight excluding hydrogens is 316 g/mol. The highest BCUT2D eigenvalue weighted by Crippen LogP contribution is 2.17. The van der Waals surface area contributed by atoms with Gasteiger partial charge in [-0.25, -0.2) is 0 Å². The highest BCUT2D eigenvalue weighted by molar-refractivity contribution is 5.83. The number of carbonyl (C=O) groups is 1. The molecule has 0 amide bonds. The number of rotatable bonds is 7. The fraction of sp³-hybridized carbons (Fsp3) is 0.400. The van der Waals surface area contributed by atoms with E-state index in [0.717, 1.165) is 31.6 Å². The van der Waals surface area contributed by atoms with E-state index in [1.54, 1.807) is 4.57 Å². The first-order valence-electron chi connectivity index (χ1n) is 8.78. The van der Waals surface area contributed by atoms with Crippen molar-refractivity contribution in [1.29, 1.82) is 0 Å². The molecule has 1 N–H and O–H groups in total. The van der Waals surface area contributed by atoms with Crippen molar-refractivity contribution in [3.8, 4) is 0 Å². The molecule has 132 valence electrons. The van der Waals surface area contributed by atoms with Crippen molar-refractivity contribution in [2.24, 2.45) is 0 Å². The van der Waals surface area contributed by atoms with E-state index < -0.39 is 0 Å². The lowest BCUT2D eigenvalue weighted by Crippen LogP contribution is -2.31. The largest absolute Gasteiger partial charge is 0.384 e. The Kier molecular flexibility index (Phi) is 5.66. The maximum Gasteiger partial charge on any atom is 0.263 e. The van der Waals surface area contributed by atoms with Gasteiger partial charge in [0, 0.05) is 18.8 Å². The number of aromatic nitrogens is 1. The maximum atomic E-state index is 12.7. The van der Waals surface area contributed by atoms with Crippen molar-refractivity contribution in [2.75, 3.05) is 18.5 Å². The minimum atomic E-state index is -0.243. The number of anilines is 1. The number of benzene rings is 1. The molecule has 5 nitrogen and oxygen atoms in total. The van der Waals surface area contributed by atoms with E-state index in [2.05, 4.69) is 17.4 Å². The first-order valence-corrected chi connectivity index (χ1v) is 8.78. The lowest BCUT2D eigenvalue weighted by atomic mass is 10.1. The van der Waals surface area contributed by atoms with Crippen molar-refractivity contribution in [3.63, 3.8) is 0 Å². The van der Waals surface area contributed by atoms with E-state index in [-0.39, 0.29) is 17.2 Å². The molecule has 0 bridgehead atoms. The first-order chi connectivity index (χ1) is 12.2. The second-order valence-corrected chi connectivity index (χ2v) is 6.44. The number of carbonyl (C=O) groups excluding carboxylic acids is 1. The van der Waals surface area contributed by atoms with Crippen LogP contribution in [0.3, 0.4) is 0 Å². The molecule has 5 heteroatoms. The van der Waals surface area contributed by atoms with Gasteiger partial charge >= 0.3 is 0 Å². The Bertz CT molecular complexity index is 778. The average molecular weight is 340 g/mol. The summed E-state index contributed by atoms with van der Waals surface area (Å²) < 4.78 is 7.28. The van der Waals surface area contributed by atoms with Gasteiger partial charge in [-0.3, -0.25) is 9.59 Å². The van der Waals surface area contributed by atoms with Crippen LogP contribution in [0.15, 0.2) is 41.2 Å². The van der Waals surface area contributed by atoms with Crippen molar-refractivity contribution in [1.82, 2.24) is 4.57 Å². The van der Waals surface area contributed by atoms with Gasteiger partial charge in [0.25, 0.3) is 5.56 Å². The zero-order valence-electron chi connectivity index (χ0n) is 14.5. The molecule has 1 saturated heterocycles. The van der Waals surface area contributed by atoms with Crippen molar-refractivity contribution in [3.05, 3.63) is 63.6 Å². The highest BCUT2D eigenvalue weighted by atomic mass is 16.5. The zero-order chi connectivity index (χ0) is 17.6. The second kappa shape index (κ2) is 8.12. The van der Waals surface area contributed by atoms with Crippen LogP contribution in [0.1, 0.15) is 34.5 Å². The predicted molar refractivity (Wildman–Crippen MR) is 98.4 cm³/mol. The molecule has 2 heterocycles. The van der Waals surface area contributed by atoms with Crippen LogP contribution in [0.5, 0.6) is 0 Å². The van der Waals surface area contributed by atoms with Gasteiger partial charge in [0.15, 0.2) is 6.29 Å². The Morgan fingerprint density at radius 2 is 2.12 bits per heavy atom. The normalized spacial score (nSPS) is 16.8. The molecule has 1 aliphatic rings. The smallest absolute Gasteiger partial charge is 0.263 e. The van der Waals surface area contributed by atoms with E-state index in [9.17, 15) is 9.59 Å². The Labute approximate surface area is 147 Å². The van der Waals surface area contributed by atoms with E-state index in [1.165, 1.54) is 5.56 Å². The molecule has 25 heavy (non-hydrogen) atoms. The number of aldehydes is 1. The molecule has 1 unspecified atom stereocenters. The Morgan fingerprint density at radius 1 is 1.32 bits per heavy atom. The summed E-state index contributed by atoms with van der Waals surface area (Å²) in [4.78, 5) is 24.2. The van der Waals surface area contributed by atoms with Crippen LogP contribution < -0.4 is 10.9 Å². The SMILES string of the molecule is Cc1cc(NCCc2ccccc2)c(C=O)c(=O)n1CC1CCCO1. The summed E-state index contributed by atoms with van der Waals surface area (Å²) in [6, 6.07) is 12.0. The minimum absolute atomic E-state index is 0.0628. The van der Waals surface area contributed by atoms with Crippen molar-refractivity contribution < 1.29 is 9.53 Å². The third-order valence-corrected chi connectivity index (χ3v) is 4.64. The van der Waals surface area contributed by atoms with E-state index in [4.69, 9.17) is 4.74 Å². The third-order valence-electron chi connectivity index (χ3n) is 4.64. The molecule has 0 spiro atoms. The Balaban J connectivity index is 1.75. The third kappa shape index (κ3) is 4.17. The summed E-state index contributed by atoms with van der Waals surface area (Å²) in [5, 5.41) is 3.24. The summed E-state index contributed by atoms with van der Waals surface area (Å²) in [7, 11) is 0. The number of aryl methyl sites for hydroxylation is 1. The fourth-order valence-corrected chi connectivity index (χ4v) is 3.25. The van der Waals surface area contributed by atoms with Gasteiger partial charge in [-0.2, -0.15) is 0 Å². The van der Waals surface area contributed by atoms with Gasteiger partial charge in [0.05, 0.1) is 18.3 Å². The number of ether oxygens (including phenoxy) is 1. The maximum absolute atomic E-state index is 12.7. The van der Waals surface area contributed by atoms with Crippen molar-refractivity contribution in [2.45, 2.75) is 38.8 Å². The molecule has 0 radical (unpaired) electrons. The Morgan fingerprint density at radius 3 is 2.80 bits per heavy atom. The van der Waals surface area contributed by atoms with E-state index >= 15 is 0 Å². The van der Waals surface area contributed by atoms with E-state index in [0.29, 0.717) is 25.1 Å². The molecule has 0 saturated carbocycles. The number of pyridine rings is 1. The predicted octanol–water partition coefficient (Wildman–Crippen LogP) is 2.80. The fourth-order valence-electron chi connectivity index (χ4n) is 3.25. The van der Waals surface area contributed by atoms with Crippen LogP contribution >= 0.6 is 0 Å². The van der Waals surface area contributed by atoms with Crippen LogP contribution in [0, 0.1) is 6.92 Å². The summed E-state index contributed by atoms with van der Waals surface area (Å²) >= 11 is 0. The monoisotopic (exact) mass is 340 g/mol. The van der Waals surface area contributed by atoms with Gasteiger partial charge in [-0.15, -0.1) is 0 Å². The van der Waals surface area contributed by atoms with Gasteiger partial charge in [-0.1, -0.05) is 30.3 Å². The molecule has 1 aromatic heterocycles. The zero-order valence-corrected chi connectivity index (χ0v) is 14.5. The van der Waals surface area contributed by atoms with Crippen LogP contribution in [-0.4, -0.2) is 30.1 Å². The van der Waals surface area contributed by atoms with Crippen molar-refractivity contribution >= 4 is 12.0 Å². The summed E-state index contributed by atoms with van der Waals surface area (Å²) in [5.41, 5.74) is 2.61. The molecular formula is C20H24N2O3. The van der Waals surface area contributed by atoms with E-state index in [1.807, 2.05) is 31.2 Å². The number of nitrogens with zero attached hydrogens (tertiary/aromatic N) is 1. The summed E-state index contributed by atoms with van der Waals surface area (Å²) in [5.74, 6) is 0. The summed E-state index contributed by atoms with van der Waals surface area (Å²) in [6.07, 6.45) is 3.53. The van der Waals surface area contributed by atoms with Gasteiger partial charge in [-0.05, 0) is 37.8 Å². The lowest BCUT2D eigenvalue weighted by Gasteiger charge is -2.17. The minimum Gasteiger partial charge on any atom is -0.384 e. The standard InChI is InChI=1S/C20H24N2O3/c1-15-12-19(21-10-9-16-6-3-2-4-7-16)18(14-23)20(24)22(15)13-17-8-5-11-25-17/h2-4,6-7,12,14,17,21H,5,8-11,13H2,1H3. The molecule has 0 aliphatic carbocycles. The van der Waals surface area contributed by atoms with Crippen LogP contribution in [-0.2, 0) is 17.7 Å². The topological polar surface area (TPSA) is 60.3 Å². The quantitative estimate of drug-likeness (QED) is 0.788. The number of hydrogen-bond donors (Lipinski definition) is 1. The molecule has 2 aromatic rings. The average Bonchev–Trinajstić information content (AvgIpc) is 3.13. The molecule has 1 aliphatic heterocycles. The Hall–Kier alpha value is -2.40. The first kappa shape index (κ1) is 17.4. The van der Waals surface area contributed by atoms with Crippen LogP contribution in [0.2, 0.25) is 0 Å². The number of hydrogen-bond acceptors (Lipinski definition) is 4. The summed E-state index contributed by atoms with van der Waals surface area (Å²) in [6.45, 7) is 3.82. The van der Waals surface area contributed by atoms with Gasteiger partial charge < -0.3 is 14.6 Å². The number of nitrogens with one attached hydrogen (secondary N) is 1. The van der Waals surface area contributed by atoms with Gasteiger partial charge in [0.1, 0.15) is 5.56 Å². The molecule has 1 fully saturated rings. The molecule has 3 rings (SSSR count). The van der Waals surface area contributed by atoms with Crippen LogP contribution in [0.4, 0.5) is 5.69 Å². The lowest BCUT2D eigenvalue weighted by molar-refractivity contribution is 0.0953. The second-order valence-electron chi connectivity index (χ2n) is 6.44. The molecule has 1 atom stereocenters. The van der Waals surface area contributed by atoms with Gasteiger partial charge in [0.2, 0.25) is 0 Å².